The van der Waals surface area contributed by atoms with E-state index in [-0.39, 0.29) is 0 Å². The SMILES string of the molecule is COc1ccc(Nc2nncc(N3CCCC3)n2)cc1Cl. The maximum Gasteiger partial charge on any atom is 0.249 e. The van der Waals surface area contributed by atoms with E-state index in [9.17, 15) is 0 Å². The lowest BCUT2D eigenvalue weighted by Crippen LogP contribution is -2.19. The molecule has 0 radical (unpaired) electrons. The number of methoxy groups -OCH3 is 1. The van der Waals surface area contributed by atoms with Gasteiger partial charge in [-0.2, -0.15) is 10.1 Å². The van der Waals surface area contributed by atoms with Crippen molar-refractivity contribution in [3.8, 4) is 5.75 Å². The number of ether oxygens (including phenoxy) is 1. The molecule has 1 saturated heterocycles. The zero-order valence-electron chi connectivity index (χ0n) is 11.7. The van der Waals surface area contributed by atoms with Crippen molar-refractivity contribution in [2.45, 2.75) is 12.8 Å². The van der Waals surface area contributed by atoms with Gasteiger partial charge in [0.05, 0.1) is 18.3 Å². The number of halogens is 1. The fourth-order valence-corrected chi connectivity index (χ4v) is 2.58. The molecule has 1 aliphatic rings. The molecule has 1 N–H and O–H groups in total. The van der Waals surface area contributed by atoms with Crippen LogP contribution in [-0.4, -0.2) is 35.4 Å². The third kappa shape index (κ3) is 3.16. The van der Waals surface area contributed by atoms with Crippen molar-refractivity contribution >= 4 is 29.1 Å². The molecule has 0 atom stereocenters. The topological polar surface area (TPSA) is 63.2 Å². The van der Waals surface area contributed by atoms with E-state index in [4.69, 9.17) is 16.3 Å². The van der Waals surface area contributed by atoms with Crippen LogP contribution in [0.3, 0.4) is 0 Å². The molecule has 7 heteroatoms. The van der Waals surface area contributed by atoms with Crippen molar-refractivity contribution in [2.24, 2.45) is 0 Å². The summed E-state index contributed by atoms with van der Waals surface area (Å²) in [5.41, 5.74) is 0.793. The normalized spacial score (nSPS) is 14.3. The first-order chi connectivity index (χ1) is 10.3. The monoisotopic (exact) mass is 305 g/mol. The lowest BCUT2D eigenvalue weighted by Gasteiger charge is -2.16. The number of anilines is 3. The van der Waals surface area contributed by atoms with Crippen molar-refractivity contribution in [3.63, 3.8) is 0 Å². The highest BCUT2D eigenvalue weighted by molar-refractivity contribution is 6.32. The van der Waals surface area contributed by atoms with Crippen LogP contribution in [0.2, 0.25) is 5.02 Å². The summed E-state index contributed by atoms with van der Waals surface area (Å²) in [6.45, 7) is 2.04. The largest absolute Gasteiger partial charge is 0.495 e. The maximum absolute atomic E-state index is 6.10. The molecule has 2 heterocycles. The van der Waals surface area contributed by atoms with Crippen LogP contribution in [0.1, 0.15) is 12.8 Å². The Morgan fingerprint density at radius 1 is 1.29 bits per heavy atom. The van der Waals surface area contributed by atoms with Gasteiger partial charge >= 0.3 is 0 Å². The van der Waals surface area contributed by atoms with Crippen molar-refractivity contribution in [1.29, 1.82) is 0 Å². The van der Waals surface area contributed by atoms with Crippen molar-refractivity contribution in [1.82, 2.24) is 15.2 Å². The highest BCUT2D eigenvalue weighted by atomic mass is 35.5. The van der Waals surface area contributed by atoms with Crippen molar-refractivity contribution in [2.75, 3.05) is 30.4 Å². The Morgan fingerprint density at radius 3 is 2.81 bits per heavy atom. The molecular formula is C14H16ClN5O. The first-order valence-electron chi connectivity index (χ1n) is 6.81. The average molecular weight is 306 g/mol. The molecule has 0 aliphatic carbocycles. The summed E-state index contributed by atoms with van der Waals surface area (Å²) >= 11 is 6.10. The number of nitrogens with zero attached hydrogens (tertiary/aromatic N) is 4. The Morgan fingerprint density at radius 2 is 2.10 bits per heavy atom. The van der Waals surface area contributed by atoms with E-state index in [1.54, 1.807) is 25.4 Å². The van der Waals surface area contributed by atoms with Gasteiger partial charge in [-0.05, 0) is 31.0 Å². The summed E-state index contributed by atoms with van der Waals surface area (Å²) in [5.74, 6) is 1.94. The summed E-state index contributed by atoms with van der Waals surface area (Å²) in [6.07, 6.45) is 4.08. The summed E-state index contributed by atoms with van der Waals surface area (Å²) in [5, 5.41) is 11.7. The minimum Gasteiger partial charge on any atom is -0.495 e. The molecule has 0 saturated carbocycles. The second-order valence-corrected chi connectivity index (χ2v) is 5.21. The lowest BCUT2D eigenvalue weighted by atomic mass is 10.3. The molecular weight excluding hydrogens is 290 g/mol. The predicted molar refractivity (Wildman–Crippen MR) is 82.6 cm³/mol. The molecule has 0 bridgehead atoms. The van der Waals surface area contributed by atoms with Gasteiger partial charge in [-0.1, -0.05) is 11.6 Å². The van der Waals surface area contributed by atoms with Gasteiger partial charge in [0.25, 0.3) is 0 Å². The van der Waals surface area contributed by atoms with Gasteiger partial charge in [0.2, 0.25) is 5.95 Å². The van der Waals surface area contributed by atoms with Gasteiger partial charge in [-0.15, -0.1) is 5.10 Å². The molecule has 1 aliphatic heterocycles. The molecule has 1 fully saturated rings. The highest BCUT2D eigenvalue weighted by Crippen LogP contribution is 2.28. The summed E-state index contributed by atoms with van der Waals surface area (Å²) in [4.78, 5) is 6.70. The molecule has 1 aromatic carbocycles. The summed E-state index contributed by atoms with van der Waals surface area (Å²) in [6, 6.07) is 5.42. The fraction of sp³-hybridized carbons (Fsp3) is 0.357. The van der Waals surface area contributed by atoms with Crippen molar-refractivity contribution < 1.29 is 4.74 Å². The summed E-state index contributed by atoms with van der Waals surface area (Å²) < 4.78 is 5.13. The minimum atomic E-state index is 0.459. The lowest BCUT2D eigenvalue weighted by molar-refractivity contribution is 0.415. The van der Waals surface area contributed by atoms with E-state index in [2.05, 4.69) is 25.4 Å². The fourth-order valence-electron chi connectivity index (χ4n) is 2.32. The third-order valence-corrected chi connectivity index (χ3v) is 3.68. The van der Waals surface area contributed by atoms with Gasteiger partial charge in [0.1, 0.15) is 5.75 Å². The smallest absolute Gasteiger partial charge is 0.249 e. The zero-order chi connectivity index (χ0) is 14.7. The zero-order valence-corrected chi connectivity index (χ0v) is 12.5. The molecule has 21 heavy (non-hydrogen) atoms. The van der Waals surface area contributed by atoms with Crippen LogP contribution in [0, 0.1) is 0 Å². The molecule has 3 rings (SSSR count). The van der Waals surface area contributed by atoms with E-state index >= 15 is 0 Å². The van der Waals surface area contributed by atoms with Crippen molar-refractivity contribution in [3.05, 3.63) is 29.4 Å². The van der Waals surface area contributed by atoms with Crippen LogP contribution in [0.5, 0.6) is 5.75 Å². The van der Waals surface area contributed by atoms with Crippen LogP contribution < -0.4 is 15.0 Å². The highest BCUT2D eigenvalue weighted by Gasteiger charge is 2.14. The van der Waals surface area contributed by atoms with E-state index in [1.165, 1.54) is 12.8 Å². The Balaban J connectivity index is 1.78. The number of aromatic nitrogens is 3. The Hall–Kier alpha value is -2.08. The van der Waals surface area contributed by atoms with Crippen LogP contribution in [0.25, 0.3) is 0 Å². The number of hydrogen-bond donors (Lipinski definition) is 1. The van der Waals surface area contributed by atoms with E-state index in [0.29, 0.717) is 16.7 Å². The molecule has 0 unspecified atom stereocenters. The van der Waals surface area contributed by atoms with Gasteiger partial charge < -0.3 is 15.0 Å². The standard InChI is InChI=1S/C14H16ClN5O/c1-21-12-5-4-10(8-11(12)15)17-14-18-13(9-16-19-14)20-6-2-3-7-20/h4-5,8-9H,2-3,6-7H2,1H3,(H,17,18,19). The molecule has 0 amide bonds. The maximum atomic E-state index is 6.10. The number of benzene rings is 1. The van der Waals surface area contributed by atoms with Crippen LogP contribution in [0.15, 0.2) is 24.4 Å². The quantitative estimate of drug-likeness (QED) is 0.937. The molecule has 110 valence electrons. The average Bonchev–Trinajstić information content (AvgIpc) is 3.02. The third-order valence-electron chi connectivity index (χ3n) is 3.38. The van der Waals surface area contributed by atoms with Gasteiger partial charge in [0, 0.05) is 18.8 Å². The molecule has 0 spiro atoms. The van der Waals surface area contributed by atoms with E-state index < -0.39 is 0 Å². The minimum absolute atomic E-state index is 0.459. The van der Waals surface area contributed by atoms with Crippen LogP contribution >= 0.6 is 11.6 Å². The Labute approximate surface area is 128 Å². The first-order valence-corrected chi connectivity index (χ1v) is 7.19. The molecule has 2 aromatic rings. The number of rotatable bonds is 4. The van der Waals surface area contributed by atoms with Gasteiger partial charge in [-0.3, -0.25) is 0 Å². The van der Waals surface area contributed by atoms with Gasteiger partial charge in [0.15, 0.2) is 5.82 Å². The van der Waals surface area contributed by atoms with Gasteiger partial charge in [-0.25, -0.2) is 0 Å². The predicted octanol–water partition coefficient (Wildman–Crippen LogP) is 2.88. The number of hydrogen-bond acceptors (Lipinski definition) is 6. The van der Waals surface area contributed by atoms with E-state index in [1.807, 2.05) is 6.07 Å². The molecule has 1 aromatic heterocycles. The van der Waals surface area contributed by atoms with Crippen LogP contribution in [0.4, 0.5) is 17.5 Å². The second kappa shape index (κ2) is 6.13. The number of nitrogens with one attached hydrogen (secondary N) is 1. The Kier molecular flexibility index (Phi) is 4.06. The summed E-state index contributed by atoms with van der Waals surface area (Å²) in [7, 11) is 1.58. The Bertz CT molecular complexity index is 631. The second-order valence-electron chi connectivity index (χ2n) is 4.81. The molecule has 6 nitrogen and oxygen atoms in total. The van der Waals surface area contributed by atoms with Crippen LogP contribution in [-0.2, 0) is 0 Å². The van der Waals surface area contributed by atoms with E-state index in [0.717, 1.165) is 24.6 Å². The first kappa shape index (κ1) is 13.9.